The fourth-order valence-electron chi connectivity index (χ4n) is 2.88. The minimum atomic E-state index is -3.08. The molecule has 0 radical (unpaired) electrons. The van der Waals surface area contributed by atoms with Gasteiger partial charge in [0, 0.05) is 22.4 Å². The van der Waals surface area contributed by atoms with Gasteiger partial charge in [-0.1, -0.05) is 38.6 Å². The summed E-state index contributed by atoms with van der Waals surface area (Å²) in [5.74, 6) is 0.648. The summed E-state index contributed by atoms with van der Waals surface area (Å²) in [5, 5.41) is 0.459. The molecule has 136 valence electrons. The van der Waals surface area contributed by atoms with Crippen molar-refractivity contribution in [2.75, 3.05) is 23.5 Å². The maximum absolute atomic E-state index is 12.4. The second-order valence-electron chi connectivity index (χ2n) is 7.32. The van der Waals surface area contributed by atoms with E-state index in [0.29, 0.717) is 10.9 Å². The lowest BCUT2D eigenvalue weighted by atomic mass is 9.96. The maximum Gasteiger partial charge on any atom is 0.253 e. The molecular formula is C17H22N2O4S2. The highest BCUT2D eigenvalue weighted by Crippen LogP contribution is 2.41. The van der Waals surface area contributed by atoms with E-state index in [1.165, 1.54) is 11.8 Å². The molecule has 2 atom stereocenters. The first kappa shape index (κ1) is 18.3. The Balaban J connectivity index is 2.03. The van der Waals surface area contributed by atoms with E-state index in [4.69, 9.17) is 4.74 Å². The van der Waals surface area contributed by atoms with Crippen LogP contribution in [0, 0.1) is 5.41 Å². The monoisotopic (exact) mass is 382 g/mol. The summed E-state index contributed by atoms with van der Waals surface area (Å²) in [5.41, 5.74) is 0.203. The molecule has 2 heterocycles. The van der Waals surface area contributed by atoms with Crippen molar-refractivity contribution in [2.24, 2.45) is 10.4 Å². The van der Waals surface area contributed by atoms with Gasteiger partial charge in [-0.05, 0) is 12.1 Å². The molecule has 1 amide bonds. The summed E-state index contributed by atoms with van der Waals surface area (Å²) in [6, 6.07) is 7.18. The predicted octanol–water partition coefficient (Wildman–Crippen LogP) is 2.34. The number of anilines is 1. The number of methoxy groups -OCH3 is 1. The molecule has 1 aromatic carbocycles. The van der Waals surface area contributed by atoms with Crippen molar-refractivity contribution in [2.45, 2.75) is 32.1 Å². The van der Waals surface area contributed by atoms with Gasteiger partial charge in [0.2, 0.25) is 0 Å². The number of hydrogen-bond acceptors (Lipinski definition) is 5. The van der Waals surface area contributed by atoms with Crippen molar-refractivity contribution < 1.29 is 17.9 Å². The second kappa shape index (κ2) is 6.32. The number of nitrogens with zero attached hydrogens (tertiary/aromatic N) is 2. The summed E-state index contributed by atoms with van der Waals surface area (Å²) >= 11 is 1.38. The average Bonchev–Trinajstić information content (AvgIpc) is 2.97. The summed E-state index contributed by atoms with van der Waals surface area (Å²) in [6.45, 7) is 5.46. The predicted molar refractivity (Wildman–Crippen MR) is 101 cm³/mol. The van der Waals surface area contributed by atoms with E-state index in [0.717, 1.165) is 5.69 Å². The van der Waals surface area contributed by atoms with Crippen molar-refractivity contribution in [3.8, 4) is 5.75 Å². The fraction of sp³-hybridized carbons (Fsp3) is 0.529. The second-order valence-corrected chi connectivity index (χ2v) is 10.7. The van der Waals surface area contributed by atoms with Gasteiger partial charge in [0.05, 0.1) is 24.7 Å². The quantitative estimate of drug-likeness (QED) is 0.781. The molecule has 2 unspecified atom stereocenters. The van der Waals surface area contributed by atoms with E-state index in [-0.39, 0.29) is 28.7 Å². The molecule has 2 aliphatic heterocycles. The van der Waals surface area contributed by atoms with Crippen molar-refractivity contribution >= 4 is 38.4 Å². The number of thioether (sulfide) groups is 1. The van der Waals surface area contributed by atoms with Crippen molar-refractivity contribution in [3.05, 3.63) is 24.3 Å². The normalized spacial score (nSPS) is 26.7. The van der Waals surface area contributed by atoms with Crippen LogP contribution in [0.3, 0.4) is 0 Å². The van der Waals surface area contributed by atoms with Crippen molar-refractivity contribution in [1.29, 1.82) is 0 Å². The van der Waals surface area contributed by atoms with Crippen LogP contribution in [0.25, 0.3) is 0 Å². The highest BCUT2D eigenvalue weighted by atomic mass is 32.2. The van der Waals surface area contributed by atoms with Crippen LogP contribution in [-0.2, 0) is 14.6 Å². The number of amides is 1. The van der Waals surface area contributed by atoms with E-state index in [2.05, 4.69) is 4.99 Å². The zero-order valence-corrected chi connectivity index (χ0v) is 16.4. The van der Waals surface area contributed by atoms with Gasteiger partial charge in [-0.15, -0.1) is 0 Å². The van der Waals surface area contributed by atoms with Crippen LogP contribution in [0.5, 0.6) is 5.75 Å². The number of aliphatic imine (C=N–C) groups is 1. The number of benzene rings is 1. The molecule has 0 spiro atoms. The molecule has 0 saturated carbocycles. The third kappa shape index (κ3) is 3.69. The van der Waals surface area contributed by atoms with Crippen LogP contribution in [-0.4, -0.2) is 49.4 Å². The molecule has 0 aliphatic carbocycles. The van der Waals surface area contributed by atoms with Crippen LogP contribution >= 0.6 is 11.8 Å². The number of carbonyl (C=O) groups is 1. The topological polar surface area (TPSA) is 76.0 Å². The van der Waals surface area contributed by atoms with Gasteiger partial charge in [-0.2, -0.15) is 4.99 Å². The summed E-state index contributed by atoms with van der Waals surface area (Å²) in [4.78, 5) is 18.6. The Morgan fingerprint density at radius 3 is 2.68 bits per heavy atom. The SMILES string of the molecule is COc1cccc(N2C(=NC(=O)C(C)(C)C)SC3CS(=O)(=O)CC32)c1. The van der Waals surface area contributed by atoms with E-state index >= 15 is 0 Å². The van der Waals surface area contributed by atoms with Crippen LogP contribution in [0.1, 0.15) is 20.8 Å². The average molecular weight is 383 g/mol. The number of rotatable bonds is 2. The van der Waals surface area contributed by atoms with Crippen LogP contribution < -0.4 is 9.64 Å². The van der Waals surface area contributed by atoms with Crippen LogP contribution in [0.4, 0.5) is 5.69 Å². The van der Waals surface area contributed by atoms with E-state index in [1.54, 1.807) is 7.11 Å². The van der Waals surface area contributed by atoms with Crippen LogP contribution in [0.15, 0.2) is 29.3 Å². The molecule has 0 aromatic heterocycles. The molecule has 6 nitrogen and oxygen atoms in total. The van der Waals surface area contributed by atoms with Gasteiger partial charge in [0.15, 0.2) is 15.0 Å². The standard InChI is InChI=1S/C17H22N2O4S2/c1-17(2,3)15(20)18-16-19(11-6-5-7-12(8-11)23-4)13-9-25(21,22)10-14(13)24-16/h5-8,13-14H,9-10H2,1-4H3. The zero-order valence-electron chi connectivity index (χ0n) is 14.7. The lowest BCUT2D eigenvalue weighted by Gasteiger charge is -2.25. The van der Waals surface area contributed by atoms with Gasteiger partial charge in [-0.25, -0.2) is 8.42 Å². The Kier molecular flexibility index (Phi) is 4.61. The Hall–Kier alpha value is -1.54. The molecule has 0 N–H and O–H groups in total. The number of fused-ring (bicyclic) bond motifs is 1. The largest absolute Gasteiger partial charge is 0.497 e. The lowest BCUT2D eigenvalue weighted by molar-refractivity contribution is -0.124. The molecule has 8 heteroatoms. The zero-order chi connectivity index (χ0) is 18.4. The molecular weight excluding hydrogens is 360 g/mol. The van der Waals surface area contributed by atoms with E-state index < -0.39 is 15.3 Å². The Labute approximate surface area is 152 Å². The van der Waals surface area contributed by atoms with E-state index in [1.807, 2.05) is 49.9 Å². The first-order valence-corrected chi connectivity index (χ1v) is 10.7. The molecule has 25 heavy (non-hydrogen) atoms. The molecule has 2 aliphatic rings. The molecule has 0 bridgehead atoms. The minimum Gasteiger partial charge on any atom is -0.497 e. The number of sulfone groups is 1. The smallest absolute Gasteiger partial charge is 0.253 e. The Bertz CT molecular complexity index is 827. The van der Waals surface area contributed by atoms with Gasteiger partial charge < -0.3 is 9.64 Å². The van der Waals surface area contributed by atoms with E-state index in [9.17, 15) is 13.2 Å². The third-order valence-corrected chi connectivity index (χ3v) is 7.45. The highest BCUT2D eigenvalue weighted by molar-refractivity contribution is 8.16. The third-order valence-electron chi connectivity index (χ3n) is 4.24. The molecule has 3 rings (SSSR count). The number of ether oxygens (including phenoxy) is 1. The Morgan fingerprint density at radius 1 is 1.32 bits per heavy atom. The molecule has 2 fully saturated rings. The minimum absolute atomic E-state index is 0.0740. The van der Waals surface area contributed by atoms with Gasteiger partial charge >= 0.3 is 0 Å². The summed E-state index contributed by atoms with van der Waals surface area (Å²) in [6.07, 6.45) is 0. The van der Waals surface area contributed by atoms with Gasteiger partial charge in [0.1, 0.15) is 5.75 Å². The first-order chi connectivity index (χ1) is 11.6. The first-order valence-electron chi connectivity index (χ1n) is 8.04. The highest BCUT2D eigenvalue weighted by Gasteiger charge is 2.49. The number of carbonyl (C=O) groups excluding carboxylic acids is 1. The summed E-state index contributed by atoms with van der Waals surface area (Å²) < 4.78 is 29.4. The summed E-state index contributed by atoms with van der Waals surface area (Å²) in [7, 11) is -1.49. The van der Waals surface area contributed by atoms with Crippen molar-refractivity contribution in [1.82, 2.24) is 0 Å². The van der Waals surface area contributed by atoms with Gasteiger partial charge in [0.25, 0.3) is 5.91 Å². The number of amidine groups is 1. The fourth-order valence-corrected chi connectivity index (χ4v) is 6.79. The van der Waals surface area contributed by atoms with Crippen LogP contribution in [0.2, 0.25) is 0 Å². The Morgan fingerprint density at radius 2 is 2.04 bits per heavy atom. The lowest BCUT2D eigenvalue weighted by Crippen LogP contribution is -2.38. The van der Waals surface area contributed by atoms with Gasteiger partial charge in [-0.3, -0.25) is 4.79 Å². The maximum atomic E-state index is 12.4. The van der Waals surface area contributed by atoms with Crippen molar-refractivity contribution in [3.63, 3.8) is 0 Å². The molecule has 1 aromatic rings. The molecule has 2 saturated heterocycles. The number of hydrogen-bond donors (Lipinski definition) is 0.